The molecule has 2 unspecified atom stereocenters. The number of fused-ring (bicyclic) bond motifs is 2. The molecule has 1 fully saturated rings. The van der Waals surface area contributed by atoms with Gasteiger partial charge < -0.3 is 25.8 Å². The van der Waals surface area contributed by atoms with Crippen LogP contribution >= 0.6 is 0 Å². The summed E-state index contributed by atoms with van der Waals surface area (Å²) < 4.78 is 0. The monoisotopic (exact) mass is 567 g/mol. The van der Waals surface area contributed by atoms with Crippen molar-refractivity contribution >= 4 is 17.4 Å². The first-order valence-electron chi connectivity index (χ1n) is 14.7. The molecule has 8 nitrogen and oxygen atoms in total. The quantitative estimate of drug-likeness (QED) is 0.294. The van der Waals surface area contributed by atoms with Gasteiger partial charge in [-0.2, -0.15) is 5.26 Å². The Labute approximate surface area is 251 Å². The van der Waals surface area contributed by atoms with Gasteiger partial charge in [0.2, 0.25) is 0 Å². The molecule has 0 aromatic heterocycles. The van der Waals surface area contributed by atoms with Gasteiger partial charge in [0.05, 0.1) is 11.5 Å². The molecule has 1 saturated heterocycles. The summed E-state index contributed by atoms with van der Waals surface area (Å²) >= 11 is 0. The molecule has 0 saturated carbocycles. The second kappa shape index (κ2) is 12.4. The average molecular weight is 568 g/mol. The topological polar surface area (TPSA) is 112 Å². The lowest BCUT2D eigenvalue weighted by Gasteiger charge is -2.38. The van der Waals surface area contributed by atoms with Crippen LogP contribution in [0, 0.1) is 16.7 Å². The van der Waals surface area contributed by atoms with Crippen LogP contribution in [0.15, 0.2) is 55.3 Å². The third-order valence-corrected chi connectivity index (χ3v) is 8.85. The number of nitrogens with two attached hydrogens (primary N) is 1. The Balaban J connectivity index is 1.77. The van der Waals surface area contributed by atoms with Crippen LogP contribution in [0.1, 0.15) is 64.4 Å². The Bertz CT molecular complexity index is 1360. The van der Waals surface area contributed by atoms with Gasteiger partial charge in [-0.15, -0.1) is 0 Å². The van der Waals surface area contributed by atoms with Gasteiger partial charge in [0.15, 0.2) is 0 Å². The summed E-state index contributed by atoms with van der Waals surface area (Å²) in [4.78, 5) is 18.6. The second-order valence-corrected chi connectivity index (χ2v) is 12.1. The van der Waals surface area contributed by atoms with Crippen LogP contribution in [0.3, 0.4) is 0 Å². The smallest absolute Gasteiger partial charge is 0.253 e. The molecule has 2 aromatic carbocycles. The Morgan fingerprint density at radius 1 is 1.12 bits per heavy atom. The summed E-state index contributed by atoms with van der Waals surface area (Å²) in [5, 5.41) is 22.2. The summed E-state index contributed by atoms with van der Waals surface area (Å²) in [5.41, 5.74) is 13.4. The molecule has 1 aliphatic heterocycles. The van der Waals surface area contributed by atoms with E-state index in [1.807, 2.05) is 37.2 Å². The minimum absolute atomic E-state index is 0.0351. The van der Waals surface area contributed by atoms with Crippen molar-refractivity contribution in [3.05, 3.63) is 88.6 Å². The molecule has 1 amide bonds. The first-order chi connectivity index (χ1) is 19.9. The van der Waals surface area contributed by atoms with Crippen LogP contribution in [0.25, 0.3) is 5.70 Å². The Morgan fingerprint density at radius 3 is 2.26 bits per heavy atom. The molecule has 0 bridgehead atoms. The molecule has 42 heavy (non-hydrogen) atoms. The highest BCUT2D eigenvalue weighted by atomic mass is 16.2. The lowest BCUT2D eigenvalue weighted by molar-refractivity contribution is 0.0827. The van der Waals surface area contributed by atoms with Gasteiger partial charge in [-0.25, -0.2) is 0 Å². The van der Waals surface area contributed by atoms with E-state index in [1.54, 1.807) is 19.0 Å². The molecule has 222 valence electrons. The molecular formula is C34H45N7O. The third kappa shape index (κ3) is 5.79. The maximum absolute atomic E-state index is 12.9. The molecule has 0 spiro atoms. The number of likely N-dealkylation sites (tertiary alicyclic amines) is 1. The van der Waals surface area contributed by atoms with Crippen molar-refractivity contribution in [2.75, 3.05) is 41.3 Å². The summed E-state index contributed by atoms with van der Waals surface area (Å²) in [7, 11) is 7.47. The number of nitrogens with one attached hydrogen (secondary N) is 2. The maximum Gasteiger partial charge on any atom is 0.253 e. The number of amides is 1. The predicted octanol–water partition coefficient (Wildman–Crippen LogP) is 4.11. The zero-order chi connectivity index (χ0) is 30.8. The van der Waals surface area contributed by atoms with Crippen molar-refractivity contribution in [1.29, 1.82) is 10.7 Å². The maximum atomic E-state index is 12.9. The fraction of sp³-hybridized carbons (Fsp3) is 0.441. The first kappa shape index (κ1) is 30.9. The highest BCUT2D eigenvalue weighted by Crippen LogP contribution is 2.44. The van der Waals surface area contributed by atoms with E-state index in [-0.39, 0.29) is 23.8 Å². The number of carbonyl (C=O) groups is 1. The van der Waals surface area contributed by atoms with E-state index in [1.165, 1.54) is 0 Å². The third-order valence-electron chi connectivity index (χ3n) is 8.85. The highest BCUT2D eigenvalue weighted by Gasteiger charge is 2.43. The van der Waals surface area contributed by atoms with E-state index in [2.05, 4.69) is 54.6 Å². The van der Waals surface area contributed by atoms with Crippen LogP contribution in [-0.2, 0) is 18.3 Å². The van der Waals surface area contributed by atoms with Gasteiger partial charge >= 0.3 is 0 Å². The van der Waals surface area contributed by atoms with E-state index < -0.39 is 5.41 Å². The van der Waals surface area contributed by atoms with Crippen molar-refractivity contribution in [2.24, 2.45) is 5.73 Å². The molecule has 8 heteroatoms. The zero-order valence-corrected chi connectivity index (χ0v) is 25.8. The van der Waals surface area contributed by atoms with Gasteiger partial charge in [0.1, 0.15) is 11.9 Å². The zero-order valence-electron chi connectivity index (χ0n) is 25.8. The summed E-state index contributed by atoms with van der Waals surface area (Å²) in [5.74, 6) is 0.0259. The number of aryl methyl sites for hydroxylation is 2. The molecule has 2 aromatic rings. The van der Waals surface area contributed by atoms with Crippen LogP contribution in [0.2, 0.25) is 0 Å². The Hall–Kier alpha value is -4.09. The molecule has 1 aliphatic carbocycles. The number of nitrogens with zero attached hydrogens (tertiary/aromatic N) is 4. The molecule has 2 aliphatic rings. The first-order valence-corrected chi connectivity index (χ1v) is 14.7. The number of benzene rings is 2. The van der Waals surface area contributed by atoms with E-state index >= 15 is 0 Å². The van der Waals surface area contributed by atoms with E-state index in [0.717, 1.165) is 71.4 Å². The normalized spacial score (nSPS) is 20.0. The fourth-order valence-electron chi connectivity index (χ4n) is 6.50. The van der Waals surface area contributed by atoms with Gasteiger partial charge in [-0.05, 0) is 85.0 Å². The summed E-state index contributed by atoms with van der Waals surface area (Å²) in [6, 6.07) is 14.5. The van der Waals surface area contributed by atoms with Crippen molar-refractivity contribution in [3.63, 3.8) is 0 Å². The number of carbonyl (C=O) groups excluding carboxylic acids is 1. The Kier molecular flexibility index (Phi) is 9.12. The minimum Gasteiger partial charge on any atom is -0.387 e. The fourth-order valence-corrected chi connectivity index (χ4v) is 6.50. The number of nitriles is 1. The van der Waals surface area contributed by atoms with Gasteiger partial charge in [0, 0.05) is 64.3 Å². The van der Waals surface area contributed by atoms with Crippen molar-refractivity contribution in [2.45, 2.75) is 56.5 Å². The van der Waals surface area contributed by atoms with Crippen LogP contribution in [0.4, 0.5) is 0 Å². The average Bonchev–Trinajstić information content (AvgIpc) is 3.40. The number of hydrogen-bond acceptors (Lipinski definition) is 6. The second-order valence-electron chi connectivity index (χ2n) is 12.1. The molecule has 4 rings (SSSR count). The largest absolute Gasteiger partial charge is 0.387 e. The van der Waals surface area contributed by atoms with Crippen LogP contribution in [-0.4, -0.2) is 79.8 Å². The summed E-state index contributed by atoms with van der Waals surface area (Å²) in [6.07, 6.45) is 3.90. The van der Waals surface area contributed by atoms with Crippen molar-refractivity contribution in [3.8, 4) is 6.07 Å². The lowest BCUT2D eigenvalue weighted by atomic mass is 9.67. The molecule has 1 heterocycles. The van der Waals surface area contributed by atoms with E-state index in [9.17, 15) is 10.1 Å². The molecule has 0 radical (unpaired) electrons. The minimum atomic E-state index is -0.893. The van der Waals surface area contributed by atoms with Gasteiger partial charge in [-0.3, -0.25) is 10.2 Å². The van der Waals surface area contributed by atoms with E-state index in [4.69, 9.17) is 11.1 Å². The Morgan fingerprint density at radius 2 is 1.71 bits per heavy atom. The van der Waals surface area contributed by atoms with Crippen LogP contribution < -0.4 is 11.1 Å². The lowest BCUT2D eigenvalue weighted by Crippen LogP contribution is -2.48. The van der Waals surface area contributed by atoms with Crippen molar-refractivity contribution < 1.29 is 4.79 Å². The molecule has 4 N–H and O–H groups in total. The van der Waals surface area contributed by atoms with Crippen molar-refractivity contribution in [1.82, 2.24) is 20.0 Å². The van der Waals surface area contributed by atoms with Crippen LogP contribution in [0.5, 0.6) is 0 Å². The summed E-state index contributed by atoms with van der Waals surface area (Å²) in [6.45, 7) is 12.0. The highest BCUT2D eigenvalue weighted by molar-refractivity contribution is 5.97. The standard InChI is InChI=1S/C34H45N7O/c1-22(38-21-23(2)41-16-8-9-29(41)20-35)19-34(33(36)37)30-14-12-25(24(3)39(4)5)17-26(30)10-11-27-18-28(13-15-31(27)34)32(42)40(6)7/h12-15,17-18,22,29,38H,2-3,8-11,16,19,21H2,1,4-7H3,(H3,36,37)/t22-,29?,34?/m0/s1. The molecule has 3 atom stereocenters. The SMILES string of the molecule is C=C(c1ccc2c(c1)CCc1cc(C(=O)N(C)C)ccc1C2(C[C@H](C)NCC(=C)N1CCCC1C#N)C(=N)N)N(C)C. The van der Waals surface area contributed by atoms with E-state index in [0.29, 0.717) is 18.5 Å². The predicted molar refractivity (Wildman–Crippen MR) is 170 cm³/mol. The van der Waals surface area contributed by atoms with Gasteiger partial charge in [0.25, 0.3) is 5.91 Å². The number of rotatable bonds is 10. The number of hydrogen-bond donors (Lipinski definition) is 3. The number of amidine groups is 1. The van der Waals surface area contributed by atoms with Gasteiger partial charge in [-0.1, -0.05) is 31.4 Å². The molecular weight excluding hydrogens is 522 g/mol.